The lowest BCUT2D eigenvalue weighted by Crippen LogP contribution is -2.06. The van der Waals surface area contributed by atoms with Crippen LogP contribution in [0.25, 0.3) is 0 Å². The number of nitrogens with one attached hydrogen (secondary N) is 1. The van der Waals surface area contributed by atoms with Crippen molar-refractivity contribution in [3.63, 3.8) is 0 Å². The van der Waals surface area contributed by atoms with Crippen molar-refractivity contribution < 1.29 is 9.53 Å². The number of pyridine rings is 1. The summed E-state index contributed by atoms with van der Waals surface area (Å²) in [5, 5.41) is 7.33. The van der Waals surface area contributed by atoms with E-state index in [1.165, 1.54) is 7.11 Å². The molecule has 0 fully saturated rings. The van der Waals surface area contributed by atoms with Gasteiger partial charge in [-0.3, -0.25) is 4.68 Å². The normalized spacial score (nSPS) is 10.1. The highest BCUT2D eigenvalue weighted by atomic mass is 16.5. The number of aromatic nitrogens is 3. The van der Waals surface area contributed by atoms with Crippen LogP contribution in [0.3, 0.4) is 0 Å². The molecule has 18 heavy (non-hydrogen) atoms. The average molecular weight is 246 g/mol. The summed E-state index contributed by atoms with van der Waals surface area (Å²) in [6, 6.07) is 5.17. The molecule has 94 valence electrons. The van der Waals surface area contributed by atoms with Gasteiger partial charge in [-0.2, -0.15) is 5.10 Å². The van der Waals surface area contributed by atoms with Crippen molar-refractivity contribution in [1.29, 1.82) is 0 Å². The highest BCUT2D eigenvalue weighted by molar-refractivity contribution is 5.89. The zero-order valence-electron chi connectivity index (χ0n) is 10.3. The van der Waals surface area contributed by atoms with E-state index in [9.17, 15) is 4.79 Å². The Labute approximate surface area is 105 Å². The lowest BCUT2D eigenvalue weighted by atomic mass is 10.2. The summed E-state index contributed by atoms with van der Waals surface area (Å²) in [5.41, 5.74) is 1.37. The van der Waals surface area contributed by atoms with Gasteiger partial charge in [0.2, 0.25) is 0 Å². The van der Waals surface area contributed by atoms with Crippen LogP contribution in [-0.2, 0) is 18.3 Å². The molecule has 0 saturated carbocycles. The SMILES string of the molecule is COC(=O)c1ccnc(NCc2ccn(C)n2)c1. The van der Waals surface area contributed by atoms with Crippen LogP contribution in [0.15, 0.2) is 30.6 Å². The monoisotopic (exact) mass is 246 g/mol. The van der Waals surface area contributed by atoms with Crippen LogP contribution in [0.2, 0.25) is 0 Å². The number of hydrogen-bond acceptors (Lipinski definition) is 5. The van der Waals surface area contributed by atoms with Gasteiger partial charge in [-0.1, -0.05) is 0 Å². The Morgan fingerprint density at radius 2 is 2.33 bits per heavy atom. The highest BCUT2D eigenvalue weighted by Crippen LogP contribution is 2.09. The Balaban J connectivity index is 2.03. The molecular weight excluding hydrogens is 232 g/mol. The Bertz CT molecular complexity index is 551. The number of methoxy groups -OCH3 is 1. The molecule has 0 aliphatic carbocycles. The molecule has 2 aromatic heterocycles. The summed E-state index contributed by atoms with van der Waals surface area (Å²) in [6.07, 6.45) is 3.43. The molecule has 0 amide bonds. The van der Waals surface area contributed by atoms with E-state index in [-0.39, 0.29) is 5.97 Å². The first-order valence-corrected chi connectivity index (χ1v) is 5.46. The van der Waals surface area contributed by atoms with Crippen LogP contribution in [0.1, 0.15) is 16.1 Å². The molecule has 0 aliphatic rings. The van der Waals surface area contributed by atoms with Crippen LogP contribution in [0.4, 0.5) is 5.82 Å². The molecule has 0 radical (unpaired) electrons. The molecule has 2 rings (SSSR count). The minimum atomic E-state index is -0.377. The fourth-order valence-electron chi connectivity index (χ4n) is 1.51. The number of rotatable bonds is 4. The number of hydrogen-bond donors (Lipinski definition) is 1. The van der Waals surface area contributed by atoms with Crippen molar-refractivity contribution in [2.75, 3.05) is 12.4 Å². The number of nitrogens with zero attached hydrogens (tertiary/aromatic N) is 3. The maximum absolute atomic E-state index is 11.3. The minimum absolute atomic E-state index is 0.377. The largest absolute Gasteiger partial charge is 0.465 e. The van der Waals surface area contributed by atoms with Crippen molar-refractivity contribution in [3.8, 4) is 0 Å². The van der Waals surface area contributed by atoms with Gasteiger partial charge >= 0.3 is 5.97 Å². The predicted octanol–water partition coefficient (Wildman–Crippen LogP) is 1.21. The fraction of sp³-hybridized carbons (Fsp3) is 0.250. The number of ether oxygens (including phenoxy) is 1. The standard InChI is InChI=1S/C12H14N4O2/c1-16-6-4-10(15-16)8-14-11-7-9(3-5-13-11)12(17)18-2/h3-7H,8H2,1-2H3,(H,13,14). The molecule has 0 atom stereocenters. The van der Waals surface area contributed by atoms with Crippen molar-refractivity contribution in [2.45, 2.75) is 6.54 Å². The number of aryl methyl sites for hydroxylation is 1. The molecule has 0 bridgehead atoms. The minimum Gasteiger partial charge on any atom is -0.465 e. The molecule has 0 unspecified atom stereocenters. The third-order valence-electron chi connectivity index (χ3n) is 2.40. The van der Waals surface area contributed by atoms with E-state index in [4.69, 9.17) is 0 Å². The molecule has 6 heteroatoms. The maximum atomic E-state index is 11.3. The van der Waals surface area contributed by atoms with Crippen molar-refractivity contribution in [3.05, 3.63) is 41.9 Å². The van der Waals surface area contributed by atoms with E-state index >= 15 is 0 Å². The molecule has 0 aromatic carbocycles. The molecule has 6 nitrogen and oxygen atoms in total. The zero-order valence-corrected chi connectivity index (χ0v) is 10.3. The number of esters is 1. The maximum Gasteiger partial charge on any atom is 0.338 e. The first-order valence-electron chi connectivity index (χ1n) is 5.46. The summed E-state index contributed by atoms with van der Waals surface area (Å²) in [5.74, 6) is 0.238. The molecule has 1 N–H and O–H groups in total. The quantitative estimate of drug-likeness (QED) is 0.821. The first-order chi connectivity index (χ1) is 8.69. The Morgan fingerprint density at radius 3 is 3.00 bits per heavy atom. The van der Waals surface area contributed by atoms with Crippen LogP contribution in [0.5, 0.6) is 0 Å². The van der Waals surface area contributed by atoms with Gasteiger partial charge < -0.3 is 10.1 Å². The van der Waals surface area contributed by atoms with E-state index in [1.807, 2.05) is 19.3 Å². The summed E-state index contributed by atoms with van der Waals surface area (Å²) in [6.45, 7) is 0.554. The second-order valence-electron chi connectivity index (χ2n) is 3.76. The Kier molecular flexibility index (Phi) is 3.57. The summed E-state index contributed by atoms with van der Waals surface area (Å²) >= 11 is 0. The lowest BCUT2D eigenvalue weighted by Gasteiger charge is -2.05. The van der Waals surface area contributed by atoms with Crippen molar-refractivity contribution >= 4 is 11.8 Å². The molecule has 0 spiro atoms. The second kappa shape index (κ2) is 5.31. The second-order valence-corrected chi connectivity index (χ2v) is 3.76. The predicted molar refractivity (Wildman–Crippen MR) is 66.1 cm³/mol. The van der Waals surface area contributed by atoms with Crippen LogP contribution < -0.4 is 5.32 Å². The van der Waals surface area contributed by atoms with Gasteiger partial charge in [0.15, 0.2) is 0 Å². The summed E-state index contributed by atoms with van der Waals surface area (Å²) < 4.78 is 6.38. The van der Waals surface area contributed by atoms with Gasteiger partial charge in [0.25, 0.3) is 0 Å². The number of carbonyl (C=O) groups is 1. The molecule has 0 aliphatic heterocycles. The summed E-state index contributed by atoms with van der Waals surface area (Å²) in [7, 11) is 3.21. The highest BCUT2D eigenvalue weighted by Gasteiger charge is 2.06. The van der Waals surface area contributed by atoms with Gasteiger partial charge in [-0.25, -0.2) is 9.78 Å². The topological polar surface area (TPSA) is 69.0 Å². The van der Waals surface area contributed by atoms with E-state index in [1.54, 1.807) is 23.0 Å². The van der Waals surface area contributed by atoms with E-state index < -0.39 is 0 Å². The summed E-state index contributed by atoms with van der Waals surface area (Å²) in [4.78, 5) is 15.5. The van der Waals surface area contributed by atoms with Crippen molar-refractivity contribution in [2.24, 2.45) is 7.05 Å². The number of anilines is 1. The smallest absolute Gasteiger partial charge is 0.338 e. The van der Waals surface area contributed by atoms with Gasteiger partial charge in [0.05, 0.1) is 24.9 Å². The molecule has 0 saturated heterocycles. The van der Waals surface area contributed by atoms with Crippen LogP contribution in [0, 0.1) is 0 Å². The van der Waals surface area contributed by atoms with E-state index in [0.717, 1.165) is 5.69 Å². The molecule has 2 heterocycles. The number of carbonyl (C=O) groups excluding carboxylic acids is 1. The van der Waals surface area contributed by atoms with Gasteiger partial charge in [0, 0.05) is 19.4 Å². The van der Waals surface area contributed by atoms with E-state index in [0.29, 0.717) is 17.9 Å². The van der Waals surface area contributed by atoms with Gasteiger partial charge in [-0.15, -0.1) is 0 Å². The Morgan fingerprint density at radius 1 is 1.50 bits per heavy atom. The van der Waals surface area contributed by atoms with Crippen LogP contribution in [-0.4, -0.2) is 27.8 Å². The average Bonchev–Trinajstić information content (AvgIpc) is 2.81. The Hall–Kier alpha value is -2.37. The zero-order chi connectivity index (χ0) is 13.0. The van der Waals surface area contributed by atoms with Gasteiger partial charge in [-0.05, 0) is 18.2 Å². The fourth-order valence-corrected chi connectivity index (χ4v) is 1.51. The van der Waals surface area contributed by atoms with E-state index in [2.05, 4.69) is 20.1 Å². The third-order valence-corrected chi connectivity index (χ3v) is 2.40. The molecular formula is C12H14N4O2. The third kappa shape index (κ3) is 2.85. The molecule has 2 aromatic rings. The van der Waals surface area contributed by atoms with Crippen molar-refractivity contribution in [1.82, 2.24) is 14.8 Å². The van der Waals surface area contributed by atoms with Gasteiger partial charge in [0.1, 0.15) is 5.82 Å². The lowest BCUT2D eigenvalue weighted by molar-refractivity contribution is 0.0600. The van der Waals surface area contributed by atoms with Crippen LogP contribution >= 0.6 is 0 Å². The first kappa shape index (κ1) is 12.1.